The molecule has 0 fully saturated rings. The summed E-state index contributed by atoms with van der Waals surface area (Å²) < 4.78 is 0. The van der Waals surface area contributed by atoms with Gasteiger partial charge in [0, 0.05) is 17.8 Å². The topological polar surface area (TPSA) is 36.4 Å². The molecule has 1 aromatic rings. The normalized spacial score (nSPS) is 14.0. The second-order valence-electron chi connectivity index (χ2n) is 4.41. The zero-order valence-electron chi connectivity index (χ0n) is 12.0. The molecule has 1 aliphatic rings. The van der Waals surface area contributed by atoms with Gasteiger partial charge in [-0.1, -0.05) is 13.8 Å². The van der Waals surface area contributed by atoms with Crippen molar-refractivity contribution in [3.63, 3.8) is 0 Å². The van der Waals surface area contributed by atoms with E-state index in [0.29, 0.717) is 6.54 Å². The quantitative estimate of drug-likeness (QED) is 0.823. The van der Waals surface area contributed by atoms with E-state index in [4.69, 9.17) is 0 Å². The van der Waals surface area contributed by atoms with Crippen molar-refractivity contribution in [2.75, 3.05) is 27.2 Å². The Morgan fingerprint density at radius 2 is 2.11 bits per heavy atom. The summed E-state index contributed by atoms with van der Waals surface area (Å²) >= 11 is 1.71. The molecule has 2 rings (SSSR count). The lowest BCUT2D eigenvalue weighted by molar-refractivity contribution is -0.132. The van der Waals surface area contributed by atoms with Crippen molar-refractivity contribution in [1.82, 2.24) is 14.8 Å². The number of carbonyl (C=O) groups is 1. The van der Waals surface area contributed by atoms with Gasteiger partial charge in [-0.2, -0.15) is 0 Å². The molecule has 0 N–H and O–H groups in total. The molecule has 1 amide bonds. The van der Waals surface area contributed by atoms with Crippen LogP contribution in [0.1, 0.15) is 29.4 Å². The number of rotatable bonds is 2. The molecular formula is C13H23N3OS. The number of nitrogens with zero attached hydrogens (tertiary/aromatic N) is 3. The molecule has 0 unspecified atom stereocenters. The monoisotopic (exact) mass is 269 g/mol. The van der Waals surface area contributed by atoms with Gasteiger partial charge in [0.05, 0.1) is 23.8 Å². The maximum atomic E-state index is 11.9. The maximum Gasteiger partial charge on any atom is 0.237 e. The molecule has 2 heterocycles. The van der Waals surface area contributed by atoms with Crippen molar-refractivity contribution < 1.29 is 4.79 Å². The average Bonchev–Trinajstić information content (AvgIpc) is 2.69. The first-order valence-corrected chi connectivity index (χ1v) is 7.25. The van der Waals surface area contributed by atoms with Crippen LogP contribution in [0.25, 0.3) is 0 Å². The highest BCUT2D eigenvalue weighted by Gasteiger charge is 2.23. The van der Waals surface area contributed by atoms with Gasteiger partial charge in [-0.3, -0.25) is 4.79 Å². The Morgan fingerprint density at radius 1 is 1.44 bits per heavy atom. The van der Waals surface area contributed by atoms with Crippen molar-refractivity contribution in [3.05, 3.63) is 15.6 Å². The van der Waals surface area contributed by atoms with E-state index in [2.05, 4.69) is 4.98 Å². The molecule has 102 valence electrons. The fraction of sp³-hybridized carbons (Fsp3) is 0.692. The lowest BCUT2D eigenvalue weighted by atomic mass is 10.2. The summed E-state index contributed by atoms with van der Waals surface area (Å²) in [4.78, 5) is 21.5. The van der Waals surface area contributed by atoms with Crippen molar-refractivity contribution >= 4 is 17.2 Å². The van der Waals surface area contributed by atoms with E-state index in [0.717, 1.165) is 24.5 Å². The second kappa shape index (κ2) is 6.85. The van der Waals surface area contributed by atoms with Crippen LogP contribution in [-0.4, -0.2) is 47.9 Å². The first kappa shape index (κ1) is 15.1. The van der Waals surface area contributed by atoms with E-state index in [1.54, 1.807) is 11.3 Å². The van der Waals surface area contributed by atoms with E-state index < -0.39 is 0 Å². The standard InChI is InChI=1S/C11H17N3OS.C2H6/c1-8-12-9-4-5-14(6-10(9)16-8)11(15)7-13(2)3;1-2/h4-7H2,1-3H3;1-2H3. The van der Waals surface area contributed by atoms with E-state index in [1.165, 1.54) is 10.6 Å². The Hall–Kier alpha value is -0.940. The summed E-state index contributed by atoms with van der Waals surface area (Å²) in [7, 11) is 3.84. The van der Waals surface area contributed by atoms with Gasteiger partial charge < -0.3 is 9.80 Å². The van der Waals surface area contributed by atoms with Crippen LogP contribution in [0.3, 0.4) is 0 Å². The Balaban J connectivity index is 0.000000771. The molecule has 1 aromatic heterocycles. The summed E-state index contributed by atoms with van der Waals surface area (Å²) in [5, 5.41) is 1.10. The summed E-state index contributed by atoms with van der Waals surface area (Å²) in [6, 6.07) is 0. The van der Waals surface area contributed by atoms with Crippen molar-refractivity contribution in [2.24, 2.45) is 0 Å². The molecule has 0 aliphatic carbocycles. The number of hydrogen-bond acceptors (Lipinski definition) is 4. The Bertz CT molecular complexity index is 401. The number of fused-ring (bicyclic) bond motifs is 1. The summed E-state index contributed by atoms with van der Waals surface area (Å²) in [5.41, 5.74) is 1.19. The number of hydrogen-bond donors (Lipinski definition) is 0. The molecule has 4 nitrogen and oxygen atoms in total. The van der Waals surface area contributed by atoms with Crippen LogP contribution in [0.15, 0.2) is 0 Å². The Kier molecular flexibility index (Phi) is 5.75. The number of carbonyl (C=O) groups excluding carboxylic acids is 1. The smallest absolute Gasteiger partial charge is 0.237 e. The summed E-state index contributed by atoms with van der Waals surface area (Å²) in [6.07, 6.45) is 0.902. The maximum absolute atomic E-state index is 11.9. The van der Waals surface area contributed by atoms with Crippen molar-refractivity contribution in [2.45, 2.75) is 33.7 Å². The molecule has 0 saturated heterocycles. The summed E-state index contributed by atoms with van der Waals surface area (Å²) in [6.45, 7) is 8.07. The SMILES string of the molecule is CC.Cc1nc2c(s1)CN(C(=O)CN(C)C)CC2. The minimum absolute atomic E-state index is 0.210. The molecule has 0 bridgehead atoms. The van der Waals surface area contributed by atoms with Crippen LogP contribution in [0, 0.1) is 6.92 Å². The highest BCUT2D eigenvalue weighted by Crippen LogP contribution is 2.24. The molecule has 0 spiro atoms. The van der Waals surface area contributed by atoms with Crippen LogP contribution in [0.2, 0.25) is 0 Å². The van der Waals surface area contributed by atoms with E-state index in [9.17, 15) is 4.79 Å². The lowest BCUT2D eigenvalue weighted by Gasteiger charge is -2.27. The highest BCUT2D eigenvalue weighted by atomic mass is 32.1. The number of aromatic nitrogens is 1. The molecule has 5 heteroatoms. The molecule has 1 aliphatic heterocycles. The minimum atomic E-state index is 0.210. The number of amides is 1. The Morgan fingerprint density at radius 3 is 2.72 bits per heavy atom. The first-order chi connectivity index (χ1) is 8.56. The van der Waals surface area contributed by atoms with Crippen LogP contribution in [0.4, 0.5) is 0 Å². The van der Waals surface area contributed by atoms with Gasteiger partial charge in [0.25, 0.3) is 0 Å². The second-order valence-corrected chi connectivity index (χ2v) is 5.69. The fourth-order valence-electron chi connectivity index (χ4n) is 1.91. The predicted molar refractivity (Wildman–Crippen MR) is 75.9 cm³/mol. The van der Waals surface area contributed by atoms with Gasteiger partial charge in [-0.25, -0.2) is 4.98 Å². The number of thiazole rings is 1. The van der Waals surface area contributed by atoms with Gasteiger partial charge in [-0.05, 0) is 21.0 Å². The Labute approximate surface area is 114 Å². The van der Waals surface area contributed by atoms with Crippen LogP contribution < -0.4 is 0 Å². The van der Waals surface area contributed by atoms with Crippen molar-refractivity contribution in [3.8, 4) is 0 Å². The zero-order chi connectivity index (χ0) is 13.7. The van der Waals surface area contributed by atoms with Gasteiger partial charge in [-0.15, -0.1) is 11.3 Å². The third-order valence-corrected chi connectivity index (χ3v) is 3.64. The third kappa shape index (κ3) is 3.78. The van der Waals surface area contributed by atoms with Crippen LogP contribution >= 0.6 is 11.3 Å². The molecule has 0 saturated carbocycles. The predicted octanol–water partition coefficient (Wildman–Crippen LogP) is 1.92. The van der Waals surface area contributed by atoms with Gasteiger partial charge >= 0.3 is 0 Å². The largest absolute Gasteiger partial charge is 0.336 e. The summed E-state index contributed by atoms with van der Waals surface area (Å²) in [5.74, 6) is 0.210. The lowest BCUT2D eigenvalue weighted by Crippen LogP contribution is -2.40. The number of likely N-dealkylation sites (N-methyl/N-ethyl adjacent to an activating group) is 1. The zero-order valence-corrected chi connectivity index (χ0v) is 12.8. The van der Waals surface area contributed by atoms with E-state index in [1.807, 2.05) is 44.7 Å². The highest BCUT2D eigenvalue weighted by molar-refractivity contribution is 7.11. The first-order valence-electron chi connectivity index (χ1n) is 6.44. The number of aryl methyl sites for hydroxylation is 1. The minimum Gasteiger partial charge on any atom is -0.336 e. The molecule has 0 atom stereocenters. The van der Waals surface area contributed by atoms with E-state index >= 15 is 0 Å². The molecule has 0 aromatic carbocycles. The van der Waals surface area contributed by atoms with E-state index in [-0.39, 0.29) is 5.91 Å². The third-order valence-electron chi connectivity index (χ3n) is 2.64. The van der Waals surface area contributed by atoms with Gasteiger partial charge in [0.1, 0.15) is 0 Å². The van der Waals surface area contributed by atoms with Gasteiger partial charge in [0.15, 0.2) is 0 Å². The molecular weight excluding hydrogens is 246 g/mol. The van der Waals surface area contributed by atoms with Gasteiger partial charge in [0.2, 0.25) is 5.91 Å². The van der Waals surface area contributed by atoms with Crippen LogP contribution in [0.5, 0.6) is 0 Å². The fourth-order valence-corrected chi connectivity index (χ4v) is 2.91. The molecule has 0 radical (unpaired) electrons. The van der Waals surface area contributed by atoms with Crippen LogP contribution in [-0.2, 0) is 17.8 Å². The average molecular weight is 269 g/mol. The molecule has 18 heavy (non-hydrogen) atoms. The van der Waals surface area contributed by atoms with Crippen molar-refractivity contribution in [1.29, 1.82) is 0 Å².